The Hall–Kier alpha value is -2.86. The number of carbonyl (C=O) groups excluding carboxylic acids is 2. The van der Waals surface area contributed by atoms with Gasteiger partial charge in [-0.05, 0) is 66.5 Å². The Bertz CT molecular complexity index is 968. The fourth-order valence-electron chi connectivity index (χ4n) is 4.34. The van der Waals surface area contributed by atoms with Crippen molar-refractivity contribution in [2.75, 3.05) is 20.3 Å². The van der Waals surface area contributed by atoms with Crippen LogP contribution in [-0.4, -0.2) is 37.0 Å². The number of hydrogen-bond acceptors (Lipinski definition) is 5. The summed E-state index contributed by atoms with van der Waals surface area (Å²) in [5, 5.41) is 2.90. The fraction of sp³-hybridized carbons (Fsp3) is 0.462. The van der Waals surface area contributed by atoms with Crippen LogP contribution in [-0.2, 0) is 27.3 Å². The van der Waals surface area contributed by atoms with E-state index >= 15 is 0 Å². The molecule has 1 saturated carbocycles. The summed E-state index contributed by atoms with van der Waals surface area (Å²) < 4.78 is 11.1. The summed E-state index contributed by atoms with van der Waals surface area (Å²) in [6.45, 7) is 5.68. The van der Waals surface area contributed by atoms with E-state index in [1.165, 1.54) is 26.9 Å². The van der Waals surface area contributed by atoms with Crippen LogP contribution < -0.4 is 10.1 Å². The van der Waals surface area contributed by atoms with Gasteiger partial charge in [0.05, 0.1) is 19.8 Å². The van der Waals surface area contributed by atoms with Gasteiger partial charge in [0.25, 0.3) is 0 Å². The van der Waals surface area contributed by atoms with Gasteiger partial charge in [-0.15, -0.1) is 0 Å². The van der Waals surface area contributed by atoms with E-state index in [9.17, 15) is 9.59 Å². The van der Waals surface area contributed by atoms with Gasteiger partial charge in [0.15, 0.2) is 0 Å². The lowest BCUT2D eigenvalue weighted by atomic mass is 9.91. The second-order valence-electron chi connectivity index (χ2n) is 8.92. The van der Waals surface area contributed by atoms with E-state index in [0.29, 0.717) is 12.5 Å². The summed E-state index contributed by atoms with van der Waals surface area (Å²) in [6.07, 6.45) is 3.38. The number of carbonyl (C=O) groups is 2. The van der Waals surface area contributed by atoms with E-state index in [1.54, 1.807) is 0 Å². The molecule has 0 saturated heterocycles. The first kappa shape index (κ1) is 22.3. The predicted molar refractivity (Wildman–Crippen MR) is 122 cm³/mol. The number of nitrogens with one attached hydrogen (secondary N) is 1. The van der Waals surface area contributed by atoms with Crippen LogP contribution >= 0.6 is 0 Å². The van der Waals surface area contributed by atoms with Gasteiger partial charge in [0, 0.05) is 20.0 Å². The molecule has 0 radical (unpaired) electrons. The Morgan fingerprint density at radius 1 is 1.16 bits per heavy atom. The Morgan fingerprint density at radius 3 is 2.56 bits per heavy atom. The molecule has 1 fully saturated rings. The molecule has 1 aliphatic carbocycles. The Balaban J connectivity index is 1.49. The third-order valence-electron chi connectivity index (χ3n) is 6.33. The molecule has 6 heteroatoms. The number of esters is 1. The number of methoxy groups -OCH3 is 1. The van der Waals surface area contributed by atoms with Crippen LogP contribution in [0.4, 0.5) is 0 Å². The molecule has 2 atom stereocenters. The molecule has 2 aromatic rings. The lowest BCUT2D eigenvalue weighted by Crippen LogP contribution is -2.39. The van der Waals surface area contributed by atoms with Gasteiger partial charge in [-0.1, -0.05) is 30.3 Å². The maximum Gasteiger partial charge on any atom is 0.327 e. The minimum atomic E-state index is -0.431. The summed E-state index contributed by atoms with van der Waals surface area (Å²) in [5.41, 5.74) is 4.32. The van der Waals surface area contributed by atoms with E-state index in [1.807, 2.05) is 31.2 Å². The number of nitrogens with zero attached hydrogens (tertiary/aromatic N) is 1. The standard InChI is InChI=1S/C26H32N2O4/c1-17(27-18(2)29)21-8-6-19(7-9-21)15-28-13-12-22-14-23(32-16-20-4-5-20)10-11-24(22)25(28)26(30)31-3/h6-11,14,17,20,25H,4-5,12-13,15-16H2,1-3H3,(H,27,29). The van der Waals surface area contributed by atoms with Crippen LogP contribution in [0, 0.1) is 5.92 Å². The molecule has 2 unspecified atom stereocenters. The highest BCUT2D eigenvalue weighted by Crippen LogP contribution is 2.35. The van der Waals surface area contributed by atoms with Gasteiger partial charge in [-0.2, -0.15) is 0 Å². The van der Waals surface area contributed by atoms with Crippen LogP contribution in [0.3, 0.4) is 0 Å². The first-order chi connectivity index (χ1) is 15.4. The van der Waals surface area contributed by atoms with Crippen molar-refractivity contribution in [2.45, 2.75) is 51.7 Å². The topological polar surface area (TPSA) is 67.9 Å². The Labute approximate surface area is 189 Å². The van der Waals surface area contributed by atoms with Gasteiger partial charge < -0.3 is 14.8 Å². The largest absolute Gasteiger partial charge is 0.493 e. The highest BCUT2D eigenvalue weighted by atomic mass is 16.5. The maximum absolute atomic E-state index is 12.7. The summed E-state index contributed by atoms with van der Waals surface area (Å²) in [7, 11) is 1.44. The molecule has 0 bridgehead atoms. The Morgan fingerprint density at radius 2 is 1.91 bits per heavy atom. The van der Waals surface area contributed by atoms with Gasteiger partial charge in [-0.3, -0.25) is 9.69 Å². The van der Waals surface area contributed by atoms with Crippen molar-refractivity contribution in [3.63, 3.8) is 0 Å². The van der Waals surface area contributed by atoms with Crippen molar-refractivity contribution in [3.8, 4) is 5.75 Å². The molecule has 0 aromatic heterocycles. The normalized spacial score (nSPS) is 19.0. The summed E-state index contributed by atoms with van der Waals surface area (Å²) >= 11 is 0. The van der Waals surface area contributed by atoms with Crippen molar-refractivity contribution in [2.24, 2.45) is 5.92 Å². The van der Waals surface area contributed by atoms with Gasteiger partial charge >= 0.3 is 5.97 Å². The van der Waals surface area contributed by atoms with E-state index in [0.717, 1.165) is 47.6 Å². The van der Waals surface area contributed by atoms with E-state index < -0.39 is 6.04 Å². The second kappa shape index (κ2) is 9.74. The number of hydrogen-bond donors (Lipinski definition) is 1. The molecule has 32 heavy (non-hydrogen) atoms. The van der Waals surface area contributed by atoms with Crippen LogP contribution in [0.2, 0.25) is 0 Å². The number of rotatable bonds is 8. The number of fused-ring (bicyclic) bond motifs is 1. The number of amides is 1. The molecule has 170 valence electrons. The quantitative estimate of drug-likeness (QED) is 0.635. The zero-order valence-corrected chi connectivity index (χ0v) is 19.1. The molecule has 1 N–H and O–H groups in total. The van der Waals surface area contributed by atoms with Crippen molar-refractivity contribution in [1.29, 1.82) is 0 Å². The molecule has 4 rings (SSSR count). The van der Waals surface area contributed by atoms with Crippen molar-refractivity contribution in [1.82, 2.24) is 10.2 Å². The average molecular weight is 437 g/mol. The SMILES string of the molecule is COC(=O)C1c2ccc(OCC3CC3)cc2CCN1Cc1ccc(C(C)NC(C)=O)cc1. The highest BCUT2D eigenvalue weighted by Gasteiger charge is 2.34. The first-order valence-electron chi connectivity index (χ1n) is 11.4. The van der Waals surface area contributed by atoms with E-state index in [-0.39, 0.29) is 17.9 Å². The van der Waals surface area contributed by atoms with E-state index in [4.69, 9.17) is 9.47 Å². The highest BCUT2D eigenvalue weighted by molar-refractivity contribution is 5.78. The zero-order chi connectivity index (χ0) is 22.7. The van der Waals surface area contributed by atoms with Crippen LogP contribution in [0.15, 0.2) is 42.5 Å². The zero-order valence-electron chi connectivity index (χ0n) is 19.1. The summed E-state index contributed by atoms with van der Waals surface area (Å²) in [5.74, 6) is 1.30. The molecule has 2 aromatic carbocycles. The second-order valence-corrected chi connectivity index (χ2v) is 8.92. The van der Waals surface area contributed by atoms with Gasteiger partial charge in [0.2, 0.25) is 5.91 Å². The van der Waals surface area contributed by atoms with Crippen LogP contribution in [0.1, 0.15) is 61.0 Å². The molecule has 6 nitrogen and oxygen atoms in total. The smallest absolute Gasteiger partial charge is 0.327 e. The molecule has 1 heterocycles. The summed E-state index contributed by atoms with van der Waals surface area (Å²) in [6, 6.07) is 13.8. The fourth-order valence-corrected chi connectivity index (χ4v) is 4.34. The Kier molecular flexibility index (Phi) is 6.80. The maximum atomic E-state index is 12.7. The number of benzene rings is 2. The van der Waals surface area contributed by atoms with Crippen molar-refractivity contribution < 1.29 is 19.1 Å². The van der Waals surface area contributed by atoms with Gasteiger partial charge in [0.1, 0.15) is 11.8 Å². The number of ether oxygens (including phenoxy) is 2. The molecule has 1 amide bonds. The first-order valence-corrected chi connectivity index (χ1v) is 11.4. The average Bonchev–Trinajstić information content (AvgIpc) is 3.61. The molecule has 2 aliphatic rings. The molecule has 1 aliphatic heterocycles. The van der Waals surface area contributed by atoms with Crippen molar-refractivity contribution in [3.05, 3.63) is 64.7 Å². The lowest BCUT2D eigenvalue weighted by Gasteiger charge is -2.35. The monoisotopic (exact) mass is 436 g/mol. The summed E-state index contributed by atoms with van der Waals surface area (Å²) in [4.78, 5) is 26.2. The molecular weight excluding hydrogens is 404 g/mol. The van der Waals surface area contributed by atoms with Crippen molar-refractivity contribution >= 4 is 11.9 Å². The third kappa shape index (κ3) is 5.30. The molecule has 0 spiro atoms. The molecular formula is C26H32N2O4. The minimum Gasteiger partial charge on any atom is -0.493 e. The van der Waals surface area contributed by atoms with Crippen LogP contribution in [0.25, 0.3) is 0 Å². The third-order valence-corrected chi connectivity index (χ3v) is 6.33. The predicted octanol–water partition coefficient (Wildman–Crippen LogP) is 3.94. The lowest BCUT2D eigenvalue weighted by molar-refractivity contribution is -0.148. The van der Waals surface area contributed by atoms with Crippen LogP contribution in [0.5, 0.6) is 5.75 Å². The van der Waals surface area contributed by atoms with Gasteiger partial charge in [-0.25, -0.2) is 4.79 Å². The van der Waals surface area contributed by atoms with E-state index in [2.05, 4.69) is 28.4 Å². The minimum absolute atomic E-state index is 0.0393.